The zero-order valence-corrected chi connectivity index (χ0v) is 14.2. The lowest BCUT2D eigenvalue weighted by molar-refractivity contribution is -0.132. The SMILES string of the molecule is CC1(CCC(=O)N2CCN(c3ccccc3F)CC2)NC(O)NC1=O. The van der Waals surface area contributed by atoms with E-state index in [1.54, 1.807) is 30.0 Å². The normalized spacial score (nSPS) is 26.7. The highest BCUT2D eigenvalue weighted by molar-refractivity contribution is 5.88. The molecule has 0 aromatic heterocycles. The van der Waals surface area contributed by atoms with Crippen molar-refractivity contribution in [2.75, 3.05) is 31.1 Å². The van der Waals surface area contributed by atoms with Crippen LogP contribution in [0.15, 0.2) is 24.3 Å². The van der Waals surface area contributed by atoms with Gasteiger partial charge in [0.1, 0.15) is 5.82 Å². The molecule has 2 atom stereocenters. The van der Waals surface area contributed by atoms with E-state index in [4.69, 9.17) is 0 Å². The Morgan fingerprint density at radius 1 is 1.32 bits per heavy atom. The van der Waals surface area contributed by atoms with Gasteiger partial charge in [0.2, 0.25) is 11.8 Å². The molecule has 0 radical (unpaired) electrons. The molecule has 2 aliphatic rings. The van der Waals surface area contributed by atoms with Crippen molar-refractivity contribution >= 4 is 17.5 Å². The van der Waals surface area contributed by atoms with E-state index in [2.05, 4.69) is 10.6 Å². The number of benzene rings is 1. The van der Waals surface area contributed by atoms with Gasteiger partial charge in [0, 0.05) is 32.6 Å². The van der Waals surface area contributed by atoms with E-state index >= 15 is 0 Å². The van der Waals surface area contributed by atoms with Crippen molar-refractivity contribution in [1.82, 2.24) is 15.5 Å². The topological polar surface area (TPSA) is 84.9 Å². The third-order valence-electron chi connectivity index (χ3n) is 4.89. The summed E-state index contributed by atoms with van der Waals surface area (Å²) in [6.07, 6.45) is -0.553. The average molecular weight is 350 g/mol. The van der Waals surface area contributed by atoms with E-state index in [-0.39, 0.29) is 24.1 Å². The average Bonchev–Trinajstić information content (AvgIpc) is 2.86. The zero-order chi connectivity index (χ0) is 18.0. The number of para-hydroxylation sites is 1. The second kappa shape index (κ2) is 6.97. The Morgan fingerprint density at radius 3 is 2.60 bits per heavy atom. The molecule has 1 aromatic carbocycles. The number of anilines is 1. The molecule has 8 heteroatoms. The summed E-state index contributed by atoms with van der Waals surface area (Å²) in [7, 11) is 0. The second-order valence-electron chi connectivity index (χ2n) is 6.67. The molecule has 0 saturated carbocycles. The summed E-state index contributed by atoms with van der Waals surface area (Å²) in [5, 5.41) is 14.6. The number of aliphatic hydroxyl groups is 1. The predicted octanol–water partition coefficient (Wildman–Crippen LogP) is 0.00850. The van der Waals surface area contributed by atoms with Crippen molar-refractivity contribution in [3.05, 3.63) is 30.1 Å². The van der Waals surface area contributed by atoms with Crippen LogP contribution in [0.1, 0.15) is 19.8 Å². The summed E-state index contributed by atoms with van der Waals surface area (Å²) in [5.74, 6) is -0.602. The number of nitrogens with zero attached hydrogens (tertiary/aromatic N) is 2. The molecule has 2 unspecified atom stereocenters. The molecule has 2 aliphatic heterocycles. The number of halogens is 1. The van der Waals surface area contributed by atoms with Gasteiger partial charge in [0.25, 0.3) is 0 Å². The van der Waals surface area contributed by atoms with Crippen LogP contribution in [-0.2, 0) is 9.59 Å². The first kappa shape index (κ1) is 17.6. The van der Waals surface area contributed by atoms with Gasteiger partial charge in [-0.3, -0.25) is 14.9 Å². The van der Waals surface area contributed by atoms with Gasteiger partial charge in [-0.1, -0.05) is 12.1 Å². The molecule has 0 spiro atoms. The summed E-state index contributed by atoms with van der Waals surface area (Å²) in [6.45, 7) is 3.85. The fraction of sp³-hybridized carbons (Fsp3) is 0.529. The summed E-state index contributed by atoms with van der Waals surface area (Å²) < 4.78 is 13.8. The first-order chi connectivity index (χ1) is 11.9. The highest BCUT2D eigenvalue weighted by atomic mass is 19.1. The largest absolute Gasteiger partial charge is 0.366 e. The number of piperazine rings is 1. The summed E-state index contributed by atoms with van der Waals surface area (Å²) >= 11 is 0. The number of amides is 2. The molecule has 25 heavy (non-hydrogen) atoms. The van der Waals surface area contributed by atoms with Crippen LogP contribution in [0.2, 0.25) is 0 Å². The van der Waals surface area contributed by atoms with Crippen LogP contribution < -0.4 is 15.5 Å². The fourth-order valence-electron chi connectivity index (χ4n) is 3.29. The Morgan fingerprint density at radius 2 is 2.00 bits per heavy atom. The van der Waals surface area contributed by atoms with Crippen molar-refractivity contribution in [2.24, 2.45) is 0 Å². The summed E-state index contributed by atoms with van der Waals surface area (Å²) in [4.78, 5) is 27.9. The predicted molar refractivity (Wildman–Crippen MR) is 90.1 cm³/mol. The van der Waals surface area contributed by atoms with Crippen molar-refractivity contribution in [3.8, 4) is 0 Å². The van der Waals surface area contributed by atoms with Crippen LogP contribution in [0.5, 0.6) is 0 Å². The van der Waals surface area contributed by atoms with E-state index in [0.717, 1.165) is 0 Å². The van der Waals surface area contributed by atoms with Crippen LogP contribution in [0, 0.1) is 5.82 Å². The minimum atomic E-state index is -1.07. The van der Waals surface area contributed by atoms with Crippen molar-refractivity contribution < 1.29 is 19.1 Å². The third kappa shape index (κ3) is 3.74. The maximum absolute atomic E-state index is 13.8. The van der Waals surface area contributed by atoms with Crippen LogP contribution >= 0.6 is 0 Å². The standard InChI is InChI=1S/C17H23FN4O3/c1-17(15(24)19-16(25)20-17)7-6-14(23)22-10-8-21(9-11-22)13-5-3-2-4-12(13)18/h2-5,16,20,25H,6-11H2,1H3,(H,19,24). The Labute approximate surface area is 145 Å². The molecule has 2 saturated heterocycles. The minimum absolute atomic E-state index is 0.0367. The number of aliphatic hydroxyl groups excluding tert-OH is 1. The highest BCUT2D eigenvalue weighted by Gasteiger charge is 2.42. The lowest BCUT2D eigenvalue weighted by atomic mass is 9.96. The van der Waals surface area contributed by atoms with Gasteiger partial charge < -0.3 is 20.2 Å². The molecule has 0 aliphatic carbocycles. The quantitative estimate of drug-likeness (QED) is 0.712. The first-order valence-corrected chi connectivity index (χ1v) is 8.43. The number of carbonyl (C=O) groups excluding carboxylic acids is 2. The number of hydrogen-bond donors (Lipinski definition) is 3. The molecule has 3 N–H and O–H groups in total. The van der Waals surface area contributed by atoms with E-state index in [1.165, 1.54) is 6.07 Å². The molecule has 3 rings (SSSR count). The number of rotatable bonds is 4. The lowest BCUT2D eigenvalue weighted by Crippen LogP contribution is -2.50. The molecular weight excluding hydrogens is 327 g/mol. The Bertz CT molecular complexity index is 663. The van der Waals surface area contributed by atoms with E-state index < -0.39 is 11.9 Å². The molecule has 1 aromatic rings. The van der Waals surface area contributed by atoms with Crippen LogP contribution in [0.25, 0.3) is 0 Å². The Balaban J connectivity index is 1.50. The first-order valence-electron chi connectivity index (χ1n) is 8.43. The van der Waals surface area contributed by atoms with E-state index in [1.807, 2.05) is 4.90 Å². The molecule has 2 fully saturated rings. The molecule has 136 valence electrons. The van der Waals surface area contributed by atoms with Crippen LogP contribution in [0.4, 0.5) is 10.1 Å². The zero-order valence-electron chi connectivity index (χ0n) is 14.2. The Hall–Kier alpha value is -2.19. The van der Waals surface area contributed by atoms with Crippen LogP contribution in [0.3, 0.4) is 0 Å². The molecule has 7 nitrogen and oxygen atoms in total. The third-order valence-corrected chi connectivity index (χ3v) is 4.89. The number of nitrogens with one attached hydrogen (secondary N) is 2. The number of hydrogen-bond acceptors (Lipinski definition) is 5. The van der Waals surface area contributed by atoms with Gasteiger partial charge in [0.15, 0.2) is 6.35 Å². The maximum Gasteiger partial charge on any atom is 0.243 e. The second-order valence-corrected chi connectivity index (χ2v) is 6.67. The van der Waals surface area contributed by atoms with Gasteiger partial charge in [0.05, 0.1) is 11.2 Å². The van der Waals surface area contributed by atoms with Crippen molar-refractivity contribution in [1.29, 1.82) is 0 Å². The van der Waals surface area contributed by atoms with Crippen molar-refractivity contribution in [3.63, 3.8) is 0 Å². The van der Waals surface area contributed by atoms with Gasteiger partial charge in [-0.15, -0.1) is 0 Å². The summed E-state index contributed by atoms with van der Waals surface area (Å²) in [5.41, 5.74) is -0.382. The molecule has 0 bridgehead atoms. The smallest absolute Gasteiger partial charge is 0.243 e. The molecule has 2 heterocycles. The van der Waals surface area contributed by atoms with E-state index in [0.29, 0.717) is 38.3 Å². The van der Waals surface area contributed by atoms with Gasteiger partial charge in [-0.2, -0.15) is 0 Å². The maximum atomic E-state index is 13.8. The molecule has 2 amide bonds. The number of carbonyl (C=O) groups is 2. The highest BCUT2D eigenvalue weighted by Crippen LogP contribution is 2.22. The Kier molecular flexibility index (Phi) is 4.91. The monoisotopic (exact) mass is 350 g/mol. The lowest BCUT2D eigenvalue weighted by Gasteiger charge is -2.36. The summed E-state index contributed by atoms with van der Waals surface area (Å²) in [6, 6.07) is 6.62. The van der Waals surface area contributed by atoms with Crippen LogP contribution in [-0.4, -0.2) is 59.9 Å². The minimum Gasteiger partial charge on any atom is -0.366 e. The van der Waals surface area contributed by atoms with Gasteiger partial charge in [-0.25, -0.2) is 4.39 Å². The van der Waals surface area contributed by atoms with E-state index in [9.17, 15) is 19.1 Å². The van der Waals surface area contributed by atoms with Gasteiger partial charge in [-0.05, 0) is 25.5 Å². The molecular formula is C17H23FN4O3. The van der Waals surface area contributed by atoms with Gasteiger partial charge >= 0.3 is 0 Å². The fourth-order valence-corrected chi connectivity index (χ4v) is 3.29. The van der Waals surface area contributed by atoms with Crippen molar-refractivity contribution in [2.45, 2.75) is 31.7 Å².